The molecule has 1 fully saturated rings. The van der Waals surface area contributed by atoms with E-state index in [4.69, 9.17) is 0 Å². The van der Waals surface area contributed by atoms with Crippen molar-refractivity contribution in [1.82, 2.24) is 4.98 Å². The Kier molecular flexibility index (Phi) is 3.00. The molecule has 0 N–H and O–H groups in total. The van der Waals surface area contributed by atoms with Gasteiger partial charge in [0.1, 0.15) is 0 Å². The Hall–Kier alpha value is -1.65. The average molecular weight is 235 g/mol. The van der Waals surface area contributed by atoms with E-state index in [1.165, 1.54) is 0 Å². The van der Waals surface area contributed by atoms with Gasteiger partial charge in [-0.15, -0.1) is 0 Å². The zero-order valence-corrected chi connectivity index (χ0v) is 10.4. The minimum atomic E-state index is -0.326. The highest BCUT2D eigenvalue weighted by Gasteiger charge is 2.33. The monoisotopic (exact) mass is 235 g/mol. The Bertz CT molecular complexity index is 447. The quantitative estimate of drug-likeness (QED) is 0.583. The van der Waals surface area contributed by atoms with Crippen LogP contribution in [0.2, 0.25) is 0 Å². The van der Waals surface area contributed by atoms with Gasteiger partial charge in [0, 0.05) is 24.3 Å². The number of pyridine rings is 1. The van der Waals surface area contributed by atoms with Crippen LogP contribution in [0.3, 0.4) is 0 Å². The van der Waals surface area contributed by atoms with Crippen LogP contribution in [0.25, 0.3) is 0 Å². The van der Waals surface area contributed by atoms with Gasteiger partial charge in [0.25, 0.3) is 0 Å². The lowest BCUT2D eigenvalue weighted by Crippen LogP contribution is -2.30. The van der Waals surface area contributed by atoms with Crippen molar-refractivity contribution in [2.45, 2.75) is 33.2 Å². The first-order chi connectivity index (χ1) is 8.02. The van der Waals surface area contributed by atoms with E-state index in [0.29, 0.717) is 23.3 Å². The summed E-state index contributed by atoms with van der Waals surface area (Å²) < 4.78 is 0. The second-order valence-electron chi connectivity index (χ2n) is 4.76. The van der Waals surface area contributed by atoms with E-state index in [1.54, 1.807) is 19.2 Å². The fraction of sp³-hybridized carbons (Fsp3) is 0.583. The van der Waals surface area contributed by atoms with Crippen LogP contribution in [-0.2, 0) is 0 Å². The van der Waals surface area contributed by atoms with Gasteiger partial charge < -0.3 is 4.90 Å². The molecule has 5 heteroatoms. The molecule has 0 bridgehead atoms. The fourth-order valence-electron chi connectivity index (χ4n) is 2.37. The van der Waals surface area contributed by atoms with E-state index >= 15 is 0 Å². The van der Waals surface area contributed by atoms with Crippen LogP contribution < -0.4 is 4.90 Å². The number of hydrogen-bond acceptors (Lipinski definition) is 4. The second-order valence-corrected chi connectivity index (χ2v) is 4.76. The number of nitrogens with zero attached hydrogens (tertiary/aromatic N) is 3. The Labute approximate surface area is 101 Å². The third-order valence-electron chi connectivity index (χ3n) is 3.70. The Morgan fingerprint density at radius 3 is 2.76 bits per heavy atom. The molecule has 1 aromatic rings. The summed E-state index contributed by atoms with van der Waals surface area (Å²) >= 11 is 0. The third-order valence-corrected chi connectivity index (χ3v) is 3.70. The number of rotatable bonds is 2. The van der Waals surface area contributed by atoms with Crippen molar-refractivity contribution in [2.24, 2.45) is 5.92 Å². The predicted octanol–water partition coefficient (Wildman–Crippen LogP) is 2.53. The van der Waals surface area contributed by atoms with E-state index in [2.05, 4.69) is 23.7 Å². The summed E-state index contributed by atoms with van der Waals surface area (Å²) in [5.41, 5.74) is 0.820. The summed E-state index contributed by atoms with van der Waals surface area (Å²) in [5, 5.41) is 11.1. The van der Waals surface area contributed by atoms with Crippen LogP contribution in [0, 0.1) is 23.0 Å². The van der Waals surface area contributed by atoms with Gasteiger partial charge in [-0.2, -0.15) is 0 Å². The Balaban J connectivity index is 2.45. The molecule has 5 nitrogen and oxygen atoms in total. The number of aromatic nitrogens is 1. The highest BCUT2D eigenvalue weighted by atomic mass is 16.6. The third kappa shape index (κ3) is 1.97. The molecule has 0 radical (unpaired) electrons. The summed E-state index contributed by atoms with van der Waals surface area (Å²) in [7, 11) is 0. The van der Waals surface area contributed by atoms with Gasteiger partial charge in [-0.05, 0) is 32.3 Å². The molecule has 0 amide bonds. The second kappa shape index (κ2) is 4.31. The fourth-order valence-corrected chi connectivity index (χ4v) is 2.37. The van der Waals surface area contributed by atoms with E-state index in [9.17, 15) is 10.1 Å². The summed E-state index contributed by atoms with van der Waals surface area (Å²) in [6.45, 7) is 6.88. The van der Waals surface area contributed by atoms with Crippen LogP contribution >= 0.6 is 0 Å². The molecule has 2 heterocycles. The maximum atomic E-state index is 11.1. The lowest BCUT2D eigenvalue weighted by molar-refractivity contribution is -0.384. The minimum Gasteiger partial charge on any atom is -0.348 e. The average Bonchev–Trinajstić information content (AvgIpc) is 2.59. The first-order valence-corrected chi connectivity index (χ1v) is 5.89. The van der Waals surface area contributed by atoms with Gasteiger partial charge in [0.2, 0.25) is 5.82 Å². The first-order valence-electron chi connectivity index (χ1n) is 5.89. The zero-order chi connectivity index (χ0) is 12.6. The largest absolute Gasteiger partial charge is 0.348 e. The number of nitro groups is 1. The molecule has 92 valence electrons. The van der Waals surface area contributed by atoms with Crippen molar-refractivity contribution < 1.29 is 4.92 Å². The molecular weight excluding hydrogens is 218 g/mol. The van der Waals surface area contributed by atoms with Gasteiger partial charge in [0.05, 0.1) is 4.92 Å². The van der Waals surface area contributed by atoms with Gasteiger partial charge in [0.15, 0.2) is 0 Å². The molecule has 2 unspecified atom stereocenters. The van der Waals surface area contributed by atoms with Gasteiger partial charge in [-0.1, -0.05) is 6.92 Å². The highest BCUT2D eigenvalue weighted by molar-refractivity contribution is 5.62. The van der Waals surface area contributed by atoms with Crippen molar-refractivity contribution in [2.75, 3.05) is 11.4 Å². The molecule has 1 saturated heterocycles. The summed E-state index contributed by atoms with van der Waals surface area (Å²) in [6, 6.07) is 1.99. The molecule has 1 aliphatic rings. The maximum absolute atomic E-state index is 11.1. The van der Waals surface area contributed by atoms with Gasteiger partial charge >= 0.3 is 5.69 Å². The number of aryl methyl sites for hydroxylation is 1. The molecule has 2 atom stereocenters. The Morgan fingerprint density at radius 2 is 2.24 bits per heavy atom. The Morgan fingerprint density at radius 1 is 1.53 bits per heavy atom. The van der Waals surface area contributed by atoms with Crippen molar-refractivity contribution >= 4 is 11.5 Å². The molecule has 0 spiro atoms. The van der Waals surface area contributed by atoms with Crippen LogP contribution in [0.15, 0.2) is 12.3 Å². The van der Waals surface area contributed by atoms with Crippen LogP contribution in [-0.4, -0.2) is 22.5 Å². The predicted molar refractivity (Wildman–Crippen MR) is 66.2 cm³/mol. The lowest BCUT2D eigenvalue weighted by Gasteiger charge is -2.24. The molecule has 2 rings (SSSR count). The molecule has 17 heavy (non-hydrogen) atoms. The van der Waals surface area contributed by atoms with Crippen LogP contribution in [0.4, 0.5) is 11.5 Å². The molecular formula is C12H17N3O2. The zero-order valence-electron chi connectivity index (χ0n) is 10.4. The number of hydrogen-bond donors (Lipinski definition) is 0. The lowest BCUT2D eigenvalue weighted by atomic mass is 10.1. The normalized spacial score (nSPS) is 24.1. The molecule has 0 saturated carbocycles. The van der Waals surface area contributed by atoms with Crippen LogP contribution in [0.5, 0.6) is 0 Å². The van der Waals surface area contributed by atoms with Gasteiger partial charge in [-0.3, -0.25) is 10.1 Å². The molecule has 0 aromatic carbocycles. The minimum absolute atomic E-state index is 0.147. The van der Waals surface area contributed by atoms with Gasteiger partial charge in [-0.25, -0.2) is 4.98 Å². The summed E-state index contributed by atoms with van der Waals surface area (Å²) in [4.78, 5) is 17.1. The molecule has 0 aliphatic carbocycles. The van der Waals surface area contributed by atoms with E-state index in [-0.39, 0.29) is 10.6 Å². The maximum Gasteiger partial charge on any atom is 0.314 e. The highest BCUT2D eigenvalue weighted by Crippen LogP contribution is 2.35. The first kappa shape index (κ1) is 11.8. The van der Waals surface area contributed by atoms with E-state index < -0.39 is 0 Å². The van der Waals surface area contributed by atoms with E-state index in [1.807, 2.05) is 0 Å². The van der Waals surface area contributed by atoms with Crippen molar-refractivity contribution in [3.63, 3.8) is 0 Å². The SMILES string of the molecule is Cc1ccnc(N2CCC(C)C2C)c1[N+](=O)[O-]. The summed E-state index contributed by atoms with van der Waals surface area (Å²) in [5.74, 6) is 1.07. The van der Waals surface area contributed by atoms with Crippen LogP contribution in [0.1, 0.15) is 25.8 Å². The van der Waals surface area contributed by atoms with Crippen molar-refractivity contribution in [1.29, 1.82) is 0 Å². The van der Waals surface area contributed by atoms with Crippen molar-refractivity contribution in [3.05, 3.63) is 27.9 Å². The standard InChI is InChI=1S/C12H17N3O2/c1-8-5-7-14(10(8)3)12-11(15(16)17)9(2)4-6-13-12/h4,6,8,10H,5,7H2,1-3H3. The van der Waals surface area contributed by atoms with Crippen molar-refractivity contribution in [3.8, 4) is 0 Å². The smallest absolute Gasteiger partial charge is 0.314 e. The summed E-state index contributed by atoms with van der Waals surface area (Å²) in [6.07, 6.45) is 2.71. The molecule has 1 aliphatic heterocycles. The number of anilines is 1. The topological polar surface area (TPSA) is 59.3 Å². The van der Waals surface area contributed by atoms with E-state index in [0.717, 1.165) is 13.0 Å². The molecule has 1 aromatic heterocycles.